The number of imidazole rings is 1. The van der Waals surface area contributed by atoms with Crippen LogP contribution in [0.1, 0.15) is 38.6 Å². The molecule has 0 aromatic carbocycles. The molecule has 1 amide bonds. The summed E-state index contributed by atoms with van der Waals surface area (Å²) < 4.78 is 2.29. The van der Waals surface area contributed by atoms with E-state index in [1.807, 2.05) is 18.7 Å². The van der Waals surface area contributed by atoms with Crippen LogP contribution in [0.25, 0.3) is 22.1 Å². The van der Waals surface area contributed by atoms with Gasteiger partial charge in [-0.05, 0) is 31.7 Å². The van der Waals surface area contributed by atoms with Gasteiger partial charge >= 0.3 is 0 Å². The SMILES string of the molecule is CC(=O)N[C@H]1CC[C@H](n2cnc3cnc4[nH]ccc4c32)CC1. The number of carbonyl (C=O) groups is 1. The standard InChI is InChI=1S/C16H19N5O/c1-10(22)20-11-2-4-12(5-3-11)21-9-19-14-8-18-16-13(15(14)21)6-7-17-16/h6-9,11-12H,2-5H2,1H3,(H,17,18)(H,20,22)/t11-,12-. The minimum Gasteiger partial charge on any atom is -0.354 e. The monoisotopic (exact) mass is 297 g/mol. The first kappa shape index (κ1) is 13.3. The summed E-state index contributed by atoms with van der Waals surface area (Å²) in [4.78, 5) is 23.2. The van der Waals surface area contributed by atoms with Crippen LogP contribution >= 0.6 is 0 Å². The molecule has 0 unspecified atom stereocenters. The maximum Gasteiger partial charge on any atom is 0.217 e. The van der Waals surface area contributed by atoms with Crippen LogP contribution in [0.3, 0.4) is 0 Å². The molecular weight excluding hydrogens is 278 g/mol. The lowest BCUT2D eigenvalue weighted by atomic mass is 9.91. The fourth-order valence-corrected chi connectivity index (χ4v) is 3.59. The lowest BCUT2D eigenvalue weighted by Crippen LogP contribution is -2.36. The quantitative estimate of drug-likeness (QED) is 0.763. The van der Waals surface area contributed by atoms with Gasteiger partial charge in [0, 0.05) is 30.6 Å². The first-order chi connectivity index (χ1) is 10.7. The number of hydrogen-bond donors (Lipinski definition) is 2. The number of rotatable bonds is 2. The molecule has 0 atom stereocenters. The van der Waals surface area contributed by atoms with Gasteiger partial charge in [-0.3, -0.25) is 4.79 Å². The molecule has 0 spiro atoms. The highest BCUT2D eigenvalue weighted by Gasteiger charge is 2.24. The molecule has 0 bridgehead atoms. The molecule has 0 saturated heterocycles. The molecule has 1 saturated carbocycles. The van der Waals surface area contributed by atoms with Gasteiger partial charge in [-0.1, -0.05) is 0 Å². The second-order valence-electron chi connectivity index (χ2n) is 6.09. The first-order valence-corrected chi connectivity index (χ1v) is 7.78. The molecule has 3 aromatic rings. The largest absolute Gasteiger partial charge is 0.354 e. The van der Waals surface area contributed by atoms with E-state index in [9.17, 15) is 4.79 Å². The van der Waals surface area contributed by atoms with Crippen LogP contribution in [0.15, 0.2) is 24.8 Å². The van der Waals surface area contributed by atoms with E-state index in [4.69, 9.17) is 0 Å². The molecular formula is C16H19N5O. The Kier molecular flexibility index (Phi) is 3.10. The first-order valence-electron chi connectivity index (χ1n) is 7.78. The van der Waals surface area contributed by atoms with Crippen molar-refractivity contribution in [2.24, 2.45) is 0 Å². The molecule has 4 rings (SSSR count). The Hall–Kier alpha value is -2.37. The average molecular weight is 297 g/mol. The number of hydrogen-bond acceptors (Lipinski definition) is 3. The molecule has 6 heteroatoms. The summed E-state index contributed by atoms with van der Waals surface area (Å²) in [6.07, 6.45) is 9.84. The third kappa shape index (κ3) is 2.15. The van der Waals surface area contributed by atoms with E-state index in [1.54, 1.807) is 6.92 Å². The topological polar surface area (TPSA) is 75.6 Å². The highest BCUT2D eigenvalue weighted by Crippen LogP contribution is 2.33. The van der Waals surface area contributed by atoms with Crippen molar-refractivity contribution in [2.75, 3.05) is 0 Å². The van der Waals surface area contributed by atoms with Crippen LogP contribution in [0.2, 0.25) is 0 Å². The van der Waals surface area contributed by atoms with Gasteiger partial charge in [0.15, 0.2) is 0 Å². The fourth-order valence-electron chi connectivity index (χ4n) is 3.59. The van der Waals surface area contributed by atoms with Crippen LogP contribution in [0, 0.1) is 0 Å². The molecule has 0 aliphatic heterocycles. The number of H-pyrrole nitrogens is 1. The Labute approximate surface area is 127 Å². The number of aromatic amines is 1. The summed E-state index contributed by atoms with van der Waals surface area (Å²) in [6.45, 7) is 1.59. The molecule has 0 radical (unpaired) electrons. The second kappa shape index (κ2) is 5.12. The van der Waals surface area contributed by atoms with Crippen molar-refractivity contribution in [1.82, 2.24) is 24.8 Å². The van der Waals surface area contributed by atoms with Gasteiger partial charge in [-0.15, -0.1) is 0 Å². The number of amides is 1. The van der Waals surface area contributed by atoms with Gasteiger partial charge in [0.25, 0.3) is 0 Å². The zero-order valence-electron chi connectivity index (χ0n) is 12.5. The number of fused-ring (bicyclic) bond motifs is 3. The van der Waals surface area contributed by atoms with Gasteiger partial charge in [0.2, 0.25) is 5.91 Å². The lowest BCUT2D eigenvalue weighted by molar-refractivity contribution is -0.119. The Morgan fingerprint density at radius 3 is 2.91 bits per heavy atom. The van der Waals surface area contributed by atoms with Gasteiger partial charge in [0.05, 0.1) is 18.0 Å². The van der Waals surface area contributed by atoms with Gasteiger partial charge in [-0.2, -0.15) is 0 Å². The summed E-state index contributed by atoms with van der Waals surface area (Å²) >= 11 is 0. The summed E-state index contributed by atoms with van der Waals surface area (Å²) in [6, 6.07) is 2.82. The maximum atomic E-state index is 11.2. The van der Waals surface area contributed by atoms with Crippen LogP contribution in [0.5, 0.6) is 0 Å². The molecule has 114 valence electrons. The summed E-state index contributed by atoms with van der Waals surface area (Å²) in [7, 11) is 0. The predicted molar refractivity (Wildman–Crippen MR) is 84.5 cm³/mol. The molecule has 1 aliphatic rings. The van der Waals surface area contributed by atoms with Gasteiger partial charge in [-0.25, -0.2) is 9.97 Å². The van der Waals surface area contributed by atoms with Gasteiger partial charge < -0.3 is 14.9 Å². The zero-order valence-corrected chi connectivity index (χ0v) is 12.5. The molecule has 1 aliphatic carbocycles. The third-order valence-electron chi connectivity index (χ3n) is 4.62. The number of nitrogens with zero attached hydrogens (tertiary/aromatic N) is 3. The Bertz CT molecular complexity index is 825. The van der Waals surface area contributed by atoms with Crippen LogP contribution < -0.4 is 5.32 Å². The number of nitrogens with one attached hydrogen (secondary N) is 2. The Morgan fingerprint density at radius 1 is 1.32 bits per heavy atom. The van der Waals surface area contributed by atoms with E-state index in [2.05, 4.69) is 30.9 Å². The highest BCUT2D eigenvalue weighted by atomic mass is 16.1. The van der Waals surface area contributed by atoms with Crippen LogP contribution in [-0.2, 0) is 4.79 Å². The van der Waals surface area contributed by atoms with Crippen molar-refractivity contribution >= 4 is 28.0 Å². The molecule has 3 aromatic heterocycles. The minimum atomic E-state index is 0.0663. The third-order valence-corrected chi connectivity index (χ3v) is 4.62. The molecule has 1 fully saturated rings. The number of aromatic nitrogens is 4. The molecule has 22 heavy (non-hydrogen) atoms. The molecule has 6 nitrogen and oxygen atoms in total. The van der Waals surface area contributed by atoms with Crippen molar-refractivity contribution in [2.45, 2.75) is 44.7 Å². The lowest BCUT2D eigenvalue weighted by Gasteiger charge is -2.30. The average Bonchev–Trinajstić information content (AvgIpc) is 3.13. The second-order valence-corrected chi connectivity index (χ2v) is 6.09. The van der Waals surface area contributed by atoms with Crippen LogP contribution in [-0.4, -0.2) is 31.5 Å². The summed E-state index contributed by atoms with van der Waals surface area (Å²) in [5, 5.41) is 4.16. The van der Waals surface area contributed by atoms with E-state index < -0.39 is 0 Å². The predicted octanol–water partition coefficient (Wildman–Crippen LogP) is 2.53. The fraction of sp³-hybridized carbons (Fsp3) is 0.438. The van der Waals surface area contributed by atoms with Crippen molar-refractivity contribution in [3.63, 3.8) is 0 Å². The van der Waals surface area contributed by atoms with Crippen molar-refractivity contribution in [3.8, 4) is 0 Å². The maximum absolute atomic E-state index is 11.2. The summed E-state index contributed by atoms with van der Waals surface area (Å²) in [5.41, 5.74) is 3.01. The minimum absolute atomic E-state index is 0.0663. The number of pyridine rings is 1. The molecule has 2 N–H and O–H groups in total. The van der Waals surface area contributed by atoms with E-state index in [1.165, 1.54) is 0 Å². The molecule has 3 heterocycles. The van der Waals surface area contributed by atoms with E-state index in [-0.39, 0.29) is 5.91 Å². The van der Waals surface area contributed by atoms with Gasteiger partial charge in [0.1, 0.15) is 11.2 Å². The highest BCUT2D eigenvalue weighted by molar-refractivity contribution is 6.00. The summed E-state index contributed by atoms with van der Waals surface area (Å²) in [5.74, 6) is 0.0663. The van der Waals surface area contributed by atoms with Crippen LogP contribution in [0.4, 0.5) is 0 Å². The van der Waals surface area contributed by atoms with E-state index in [0.717, 1.165) is 47.8 Å². The van der Waals surface area contributed by atoms with Crippen molar-refractivity contribution in [1.29, 1.82) is 0 Å². The van der Waals surface area contributed by atoms with Crippen molar-refractivity contribution < 1.29 is 4.79 Å². The normalized spacial score (nSPS) is 22.2. The smallest absolute Gasteiger partial charge is 0.217 e. The number of carbonyl (C=O) groups excluding carboxylic acids is 1. The van der Waals surface area contributed by atoms with Crippen molar-refractivity contribution in [3.05, 3.63) is 24.8 Å². The Morgan fingerprint density at radius 2 is 2.14 bits per heavy atom. The van der Waals surface area contributed by atoms with E-state index in [0.29, 0.717) is 12.1 Å². The Balaban J connectivity index is 1.65. The zero-order chi connectivity index (χ0) is 15.1. The van der Waals surface area contributed by atoms with E-state index >= 15 is 0 Å².